The van der Waals surface area contributed by atoms with E-state index in [1.807, 2.05) is 24.3 Å². The van der Waals surface area contributed by atoms with Crippen molar-refractivity contribution in [3.8, 4) is 16.9 Å². The molecule has 76 valence electrons. The fraction of sp³-hybridized carbons (Fsp3) is 0. The highest BCUT2D eigenvalue weighted by molar-refractivity contribution is 6.37. The molecular weight excluding hydrogens is 231 g/mol. The van der Waals surface area contributed by atoms with Gasteiger partial charge in [0.15, 0.2) is 0 Å². The minimum Gasteiger partial charge on any atom is -0.506 e. The van der Waals surface area contributed by atoms with Crippen molar-refractivity contribution in [2.24, 2.45) is 0 Å². The van der Waals surface area contributed by atoms with Crippen LogP contribution in [0.3, 0.4) is 0 Å². The van der Waals surface area contributed by atoms with Crippen LogP contribution in [0.25, 0.3) is 11.1 Å². The first-order valence-electron chi connectivity index (χ1n) is 4.42. The van der Waals surface area contributed by atoms with E-state index in [9.17, 15) is 5.11 Å². The summed E-state index contributed by atoms with van der Waals surface area (Å²) in [6, 6.07) is 12.5. The molecule has 0 aliphatic rings. The summed E-state index contributed by atoms with van der Waals surface area (Å²) in [5.74, 6) is 0.0640. The van der Waals surface area contributed by atoms with Gasteiger partial charge in [0.1, 0.15) is 5.75 Å². The molecule has 2 aromatic carbocycles. The van der Waals surface area contributed by atoms with E-state index in [1.165, 1.54) is 0 Å². The minimum atomic E-state index is 0.0640. The van der Waals surface area contributed by atoms with Crippen LogP contribution < -0.4 is 0 Å². The molecule has 0 radical (unpaired) electrons. The first-order chi connectivity index (χ1) is 7.20. The van der Waals surface area contributed by atoms with Crippen molar-refractivity contribution in [1.82, 2.24) is 0 Å². The molecule has 0 fully saturated rings. The molecule has 0 heterocycles. The van der Waals surface area contributed by atoms with Crippen LogP contribution >= 0.6 is 23.2 Å². The third-order valence-corrected chi connectivity index (χ3v) is 2.87. The molecule has 0 spiro atoms. The molecule has 0 saturated carbocycles. The zero-order valence-corrected chi connectivity index (χ0v) is 9.26. The average Bonchev–Trinajstić information content (AvgIpc) is 2.23. The van der Waals surface area contributed by atoms with Crippen molar-refractivity contribution in [2.75, 3.05) is 0 Å². The SMILES string of the molecule is Oc1cccc(-c2ccccc2Cl)c1Cl. The van der Waals surface area contributed by atoms with Crippen LogP contribution in [-0.4, -0.2) is 5.11 Å². The van der Waals surface area contributed by atoms with Gasteiger partial charge in [0, 0.05) is 16.1 Å². The zero-order valence-electron chi connectivity index (χ0n) is 7.74. The summed E-state index contributed by atoms with van der Waals surface area (Å²) in [5, 5.41) is 10.4. The van der Waals surface area contributed by atoms with Crippen LogP contribution in [0.4, 0.5) is 0 Å². The second kappa shape index (κ2) is 4.13. The van der Waals surface area contributed by atoms with Gasteiger partial charge in [-0.05, 0) is 12.1 Å². The molecular formula is C12H8Cl2O. The number of hydrogen-bond acceptors (Lipinski definition) is 1. The van der Waals surface area contributed by atoms with Gasteiger partial charge < -0.3 is 5.11 Å². The largest absolute Gasteiger partial charge is 0.506 e. The smallest absolute Gasteiger partial charge is 0.134 e. The van der Waals surface area contributed by atoms with E-state index in [4.69, 9.17) is 23.2 Å². The number of benzene rings is 2. The van der Waals surface area contributed by atoms with E-state index < -0.39 is 0 Å². The lowest BCUT2D eigenvalue weighted by atomic mass is 10.1. The van der Waals surface area contributed by atoms with Gasteiger partial charge in [0.25, 0.3) is 0 Å². The van der Waals surface area contributed by atoms with Crippen LogP contribution in [-0.2, 0) is 0 Å². The Morgan fingerprint density at radius 1 is 0.800 bits per heavy atom. The van der Waals surface area contributed by atoms with Crippen molar-refractivity contribution in [3.05, 3.63) is 52.5 Å². The number of hydrogen-bond donors (Lipinski definition) is 1. The van der Waals surface area contributed by atoms with Gasteiger partial charge in [0.2, 0.25) is 0 Å². The topological polar surface area (TPSA) is 20.2 Å². The highest BCUT2D eigenvalue weighted by Gasteiger charge is 2.09. The van der Waals surface area contributed by atoms with Gasteiger partial charge >= 0.3 is 0 Å². The summed E-state index contributed by atoms with van der Waals surface area (Å²) < 4.78 is 0. The lowest BCUT2D eigenvalue weighted by molar-refractivity contribution is 0.476. The molecule has 0 atom stereocenters. The number of halogens is 2. The molecule has 2 aromatic rings. The van der Waals surface area contributed by atoms with E-state index in [0.29, 0.717) is 10.0 Å². The molecule has 0 aliphatic carbocycles. The monoisotopic (exact) mass is 238 g/mol. The Balaban J connectivity index is 2.65. The maximum absolute atomic E-state index is 9.48. The van der Waals surface area contributed by atoms with E-state index in [-0.39, 0.29) is 5.75 Å². The Bertz CT molecular complexity index is 495. The normalized spacial score (nSPS) is 10.3. The molecule has 0 aromatic heterocycles. The molecule has 0 aliphatic heterocycles. The van der Waals surface area contributed by atoms with Gasteiger partial charge in [-0.1, -0.05) is 53.5 Å². The van der Waals surface area contributed by atoms with E-state index >= 15 is 0 Å². The van der Waals surface area contributed by atoms with Crippen molar-refractivity contribution < 1.29 is 5.11 Å². The highest BCUT2D eigenvalue weighted by Crippen LogP contribution is 2.37. The molecule has 0 saturated heterocycles. The summed E-state index contributed by atoms with van der Waals surface area (Å²) in [5.41, 5.74) is 1.56. The first kappa shape index (κ1) is 10.3. The van der Waals surface area contributed by atoms with Crippen molar-refractivity contribution >= 4 is 23.2 Å². The summed E-state index contributed by atoms with van der Waals surface area (Å²) in [4.78, 5) is 0. The molecule has 1 N–H and O–H groups in total. The van der Waals surface area contributed by atoms with Crippen molar-refractivity contribution in [2.45, 2.75) is 0 Å². The number of aromatic hydroxyl groups is 1. The predicted octanol–water partition coefficient (Wildman–Crippen LogP) is 4.37. The van der Waals surface area contributed by atoms with Crippen LogP contribution in [0, 0.1) is 0 Å². The summed E-state index contributed by atoms with van der Waals surface area (Å²) >= 11 is 12.0. The van der Waals surface area contributed by atoms with Crippen LogP contribution in [0.1, 0.15) is 0 Å². The van der Waals surface area contributed by atoms with Crippen LogP contribution in [0.15, 0.2) is 42.5 Å². The third kappa shape index (κ3) is 1.94. The Morgan fingerprint density at radius 2 is 1.47 bits per heavy atom. The fourth-order valence-corrected chi connectivity index (χ4v) is 1.87. The number of phenols is 1. The molecule has 0 amide bonds. The average molecular weight is 239 g/mol. The molecule has 3 heteroatoms. The van der Waals surface area contributed by atoms with Gasteiger partial charge in [-0.25, -0.2) is 0 Å². The minimum absolute atomic E-state index is 0.0640. The second-order valence-corrected chi connectivity index (χ2v) is 3.90. The standard InChI is InChI=1S/C12H8Cl2O/c13-10-6-2-1-4-8(10)9-5-3-7-11(15)12(9)14/h1-7,15H. The highest BCUT2D eigenvalue weighted by atomic mass is 35.5. The molecule has 15 heavy (non-hydrogen) atoms. The molecule has 2 rings (SSSR count). The lowest BCUT2D eigenvalue weighted by Crippen LogP contribution is -1.81. The van der Waals surface area contributed by atoms with E-state index in [0.717, 1.165) is 11.1 Å². The Labute approximate surface area is 97.9 Å². The Kier molecular flexibility index (Phi) is 2.85. The number of rotatable bonds is 1. The maximum Gasteiger partial charge on any atom is 0.134 e. The van der Waals surface area contributed by atoms with Crippen molar-refractivity contribution in [3.63, 3.8) is 0 Å². The van der Waals surface area contributed by atoms with Gasteiger partial charge in [0.05, 0.1) is 5.02 Å². The predicted molar refractivity (Wildman–Crippen MR) is 63.6 cm³/mol. The first-order valence-corrected chi connectivity index (χ1v) is 5.18. The fourth-order valence-electron chi connectivity index (χ4n) is 1.41. The van der Waals surface area contributed by atoms with Crippen molar-refractivity contribution in [1.29, 1.82) is 0 Å². The number of phenolic OH excluding ortho intramolecular Hbond substituents is 1. The maximum atomic E-state index is 9.48. The second-order valence-electron chi connectivity index (χ2n) is 3.12. The van der Waals surface area contributed by atoms with Gasteiger partial charge in [-0.2, -0.15) is 0 Å². The Hall–Kier alpha value is -1.18. The third-order valence-electron chi connectivity index (χ3n) is 2.14. The summed E-state index contributed by atoms with van der Waals surface area (Å²) in [6.07, 6.45) is 0. The van der Waals surface area contributed by atoms with Crippen LogP contribution in [0.5, 0.6) is 5.75 Å². The van der Waals surface area contributed by atoms with E-state index in [1.54, 1.807) is 18.2 Å². The summed E-state index contributed by atoms with van der Waals surface area (Å²) in [6.45, 7) is 0. The van der Waals surface area contributed by atoms with Gasteiger partial charge in [-0.3, -0.25) is 0 Å². The molecule has 1 nitrogen and oxygen atoms in total. The summed E-state index contributed by atoms with van der Waals surface area (Å²) in [7, 11) is 0. The Morgan fingerprint density at radius 3 is 2.20 bits per heavy atom. The zero-order chi connectivity index (χ0) is 10.8. The lowest BCUT2D eigenvalue weighted by Gasteiger charge is -2.07. The van der Waals surface area contributed by atoms with Gasteiger partial charge in [-0.15, -0.1) is 0 Å². The quantitative estimate of drug-likeness (QED) is 0.783. The van der Waals surface area contributed by atoms with Crippen LogP contribution in [0.2, 0.25) is 10.0 Å². The molecule has 0 unspecified atom stereocenters. The molecule has 0 bridgehead atoms. The van der Waals surface area contributed by atoms with E-state index in [2.05, 4.69) is 0 Å².